The Morgan fingerprint density at radius 1 is 1.50 bits per heavy atom. The molecule has 1 heterocycles. The summed E-state index contributed by atoms with van der Waals surface area (Å²) in [6.07, 6.45) is 1.88. The van der Waals surface area contributed by atoms with E-state index >= 15 is 0 Å². The van der Waals surface area contributed by atoms with Crippen LogP contribution in [0.1, 0.15) is 24.2 Å². The number of morpholine rings is 1. The van der Waals surface area contributed by atoms with E-state index in [0.29, 0.717) is 19.0 Å². The highest BCUT2D eigenvalue weighted by Crippen LogP contribution is 2.26. The second kappa shape index (κ2) is 6.37. The molecule has 1 saturated heterocycles. The van der Waals surface area contributed by atoms with Crippen LogP contribution in [0.4, 0.5) is 0 Å². The number of carbonyl (C=O) groups excluding carboxylic acids is 1. The molecule has 0 bridgehead atoms. The quantitative estimate of drug-likeness (QED) is 0.633. The average molecular weight is 314 g/mol. The van der Waals surface area contributed by atoms with Crippen LogP contribution in [0.5, 0.6) is 0 Å². The summed E-state index contributed by atoms with van der Waals surface area (Å²) in [6, 6.07) is 7.71. The molecule has 0 radical (unpaired) electrons. The van der Waals surface area contributed by atoms with Gasteiger partial charge in [-0.15, -0.1) is 23.4 Å². The minimum atomic E-state index is -0.359. The maximum absolute atomic E-state index is 12.7. The Balaban J connectivity index is 2.23. The van der Waals surface area contributed by atoms with Gasteiger partial charge in [-0.25, -0.2) is 0 Å². The fourth-order valence-corrected chi connectivity index (χ4v) is 3.27. The molecule has 1 fully saturated rings. The predicted molar refractivity (Wildman–Crippen MR) is 83.8 cm³/mol. The van der Waals surface area contributed by atoms with Crippen molar-refractivity contribution >= 4 is 29.3 Å². The summed E-state index contributed by atoms with van der Waals surface area (Å²) in [4.78, 5) is 15.6. The summed E-state index contributed by atoms with van der Waals surface area (Å²) in [5, 5.41) is 0. The van der Waals surface area contributed by atoms with E-state index in [2.05, 4.69) is 0 Å². The van der Waals surface area contributed by atoms with E-state index in [1.54, 1.807) is 11.8 Å². The van der Waals surface area contributed by atoms with Crippen LogP contribution in [0.15, 0.2) is 29.2 Å². The first-order valence-corrected chi connectivity index (χ1v) is 8.39. The highest BCUT2D eigenvalue weighted by molar-refractivity contribution is 7.98. The lowest BCUT2D eigenvalue weighted by molar-refractivity contribution is -0.117. The number of amides is 1. The van der Waals surface area contributed by atoms with Crippen LogP contribution in [-0.4, -0.2) is 47.7 Å². The molecule has 2 rings (SSSR count). The highest BCUT2D eigenvalue weighted by atomic mass is 35.5. The fourth-order valence-electron chi connectivity index (χ4n) is 2.52. The van der Waals surface area contributed by atoms with Gasteiger partial charge in [0.25, 0.3) is 5.91 Å². The molecule has 0 spiro atoms. The van der Waals surface area contributed by atoms with Gasteiger partial charge in [0, 0.05) is 18.0 Å². The van der Waals surface area contributed by atoms with E-state index in [1.165, 1.54) is 0 Å². The van der Waals surface area contributed by atoms with Gasteiger partial charge in [0.2, 0.25) is 0 Å². The Hall–Kier alpha value is -0.710. The Morgan fingerprint density at radius 3 is 2.85 bits per heavy atom. The molecule has 20 heavy (non-hydrogen) atoms. The Morgan fingerprint density at radius 2 is 2.20 bits per heavy atom. The van der Waals surface area contributed by atoms with Gasteiger partial charge >= 0.3 is 0 Å². The monoisotopic (exact) mass is 313 g/mol. The molecular weight excluding hydrogens is 294 g/mol. The molecule has 1 aromatic rings. The third kappa shape index (κ3) is 3.48. The smallest absolute Gasteiger partial charge is 0.255 e. The molecule has 0 aliphatic carbocycles. The maximum Gasteiger partial charge on any atom is 0.255 e. The SMILES string of the molecule is CSc1ccccc1C(=O)N1CC(CCl)OC(C)(C)C1. The maximum atomic E-state index is 12.7. The zero-order chi connectivity index (χ0) is 14.8. The Bertz CT molecular complexity index is 493. The number of nitrogens with zero attached hydrogens (tertiary/aromatic N) is 1. The fraction of sp³-hybridized carbons (Fsp3) is 0.533. The van der Waals surface area contributed by atoms with Crippen LogP contribution in [0.25, 0.3) is 0 Å². The van der Waals surface area contributed by atoms with E-state index in [-0.39, 0.29) is 17.6 Å². The van der Waals surface area contributed by atoms with Gasteiger partial charge in [0.15, 0.2) is 0 Å². The standard InChI is InChI=1S/C15H20ClNO2S/c1-15(2)10-17(9-11(8-16)19-15)14(18)12-6-4-5-7-13(12)20-3/h4-7,11H,8-10H2,1-3H3. The van der Waals surface area contributed by atoms with Crippen molar-refractivity contribution < 1.29 is 9.53 Å². The van der Waals surface area contributed by atoms with Gasteiger partial charge in [-0.1, -0.05) is 12.1 Å². The first-order valence-electron chi connectivity index (χ1n) is 6.63. The first-order chi connectivity index (χ1) is 9.46. The number of carbonyl (C=O) groups is 1. The third-order valence-corrected chi connectivity index (χ3v) is 4.42. The highest BCUT2D eigenvalue weighted by Gasteiger charge is 2.35. The summed E-state index contributed by atoms with van der Waals surface area (Å²) in [7, 11) is 0. The average Bonchev–Trinajstić information content (AvgIpc) is 2.44. The van der Waals surface area contributed by atoms with Crippen LogP contribution in [-0.2, 0) is 4.74 Å². The molecule has 5 heteroatoms. The van der Waals surface area contributed by atoms with Crippen molar-refractivity contribution in [2.75, 3.05) is 25.2 Å². The molecular formula is C15H20ClNO2S. The lowest BCUT2D eigenvalue weighted by atomic mass is 10.0. The van der Waals surface area contributed by atoms with Gasteiger partial charge in [0.05, 0.1) is 23.1 Å². The summed E-state index contributed by atoms with van der Waals surface area (Å²) in [6.45, 7) is 5.12. The van der Waals surface area contributed by atoms with Gasteiger partial charge in [-0.3, -0.25) is 4.79 Å². The van der Waals surface area contributed by atoms with Crippen LogP contribution >= 0.6 is 23.4 Å². The molecule has 1 amide bonds. The van der Waals surface area contributed by atoms with Crippen LogP contribution in [0.3, 0.4) is 0 Å². The molecule has 1 aromatic carbocycles. The number of thioether (sulfide) groups is 1. The molecule has 0 saturated carbocycles. The second-order valence-electron chi connectivity index (χ2n) is 5.54. The molecule has 110 valence electrons. The number of ether oxygens (including phenoxy) is 1. The van der Waals surface area contributed by atoms with Crippen molar-refractivity contribution in [3.8, 4) is 0 Å². The molecule has 3 nitrogen and oxygen atoms in total. The number of benzene rings is 1. The minimum absolute atomic E-state index is 0.0569. The van der Waals surface area contributed by atoms with Crippen LogP contribution < -0.4 is 0 Å². The van der Waals surface area contributed by atoms with Gasteiger partial charge in [-0.2, -0.15) is 0 Å². The summed E-state index contributed by atoms with van der Waals surface area (Å²) < 4.78 is 5.86. The van der Waals surface area contributed by atoms with Crippen molar-refractivity contribution in [3.05, 3.63) is 29.8 Å². The van der Waals surface area contributed by atoms with E-state index in [1.807, 2.05) is 49.3 Å². The zero-order valence-corrected chi connectivity index (χ0v) is 13.6. The summed E-state index contributed by atoms with van der Waals surface area (Å²) in [5.41, 5.74) is 0.396. The zero-order valence-electron chi connectivity index (χ0n) is 12.1. The predicted octanol–water partition coefficient (Wildman–Crippen LogP) is 3.27. The molecule has 1 aliphatic rings. The Labute approximate surface area is 129 Å². The minimum Gasteiger partial charge on any atom is -0.367 e. The largest absolute Gasteiger partial charge is 0.367 e. The third-order valence-electron chi connectivity index (χ3n) is 3.28. The van der Waals surface area contributed by atoms with Crippen molar-refractivity contribution in [1.82, 2.24) is 4.90 Å². The van der Waals surface area contributed by atoms with E-state index in [4.69, 9.17) is 16.3 Å². The molecule has 1 unspecified atom stereocenters. The number of hydrogen-bond donors (Lipinski definition) is 0. The molecule has 1 atom stereocenters. The Kier molecular flexibility index (Phi) is 4.99. The van der Waals surface area contributed by atoms with Crippen molar-refractivity contribution in [2.24, 2.45) is 0 Å². The molecule has 0 N–H and O–H groups in total. The molecule has 0 aromatic heterocycles. The summed E-state index contributed by atoms with van der Waals surface area (Å²) in [5.74, 6) is 0.457. The van der Waals surface area contributed by atoms with Gasteiger partial charge < -0.3 is 9.64 Å². The lowest BCUT2D eigenvalue weighted by Gasteiger charge is -2.42. The normalized spacial score (nSPS) is 21.8. The van der Waals surface area contributed by atoms with Crippen molar-refractivity contribution in [3.63, 3.8) is 0 Å². The van der Waals surface area contributed by atoms with Crippen molar-refractivity contribution in [1.29, 1.82) is 0 Å². The number of alkyl halides is 1. The van der Waals surface area contributed by atoms with Gasteiger partial charge in [0.1, 0.15) is 0 Å². The van der Waals surface area contributed by atoms with E-state index < -0.39 is 0 Å². The van der Waals surface area contributed by atoms with E-state index in [0.717, 1.165) is 10.5 Å². The van der Waals surface area contributed by atoms with Crippen molar-refractivity contribution in [2.45, 2.75) is 30.4 Å². The van der Waals surface area contributed by atoms with Crippen LogP contribution in [0.2, 0.25) is 0 Å². The molecule has 1 aliphatic heterocycles. The van der Waals surface area contributed by atoms with Crippen LogP contribution in [0, 0.1) is 0 Å². The summed E-state index contributed by atoms with van der Waals surface area (Å²) >= 11 is 7.50. The lowest BCUT2D eigenvalue weighted by Crippen LogP contribution is -2.55. The topological polar surface area (TPSA) is 29.5 Å². The number of rotatable bonds is 3. The van der Waals surface area contributed by atoms with Gasteiger partial charge in [-0.05, 0) is 32.2 Å². The second-order valence-corrected chi connectivity index (χ2v) is 6.70. The first kappa shape index (κ1) is 15.7. The number of hydrogen-bond acceptors (Lipinski definition) is 3. The van der Waals surface area contributed by atoms with E-state index in [9.17, 15) is 4.79 Å². The number of halogens is 1.